The van der Waals surface area contributed by atoms with E-state index in [-0.39, 0.29) is 12.5 Å². The Bertz CT molecular complexity index is 1100. The molecule has 1 N–H and O–H groups in total. The van der Waals surface area contributed by atoms with Crippen molar-refractivity contribution in [2.45, 2.75) is 0 Å². The van der Waals surface area contributed by atoms with E-state index in [0.29, 0.717) is 22.6 Å². The van der Waals surface area contributed by atoms with Crippen LogP contribution >= 0.6 is 0 Å². The molecule has 28 heavy (non-hydrogen) atoms. The Morgan fingerprint density at radius 2 is 1.79 bits per heavy atom. The fraction of sp³-hybridized carbons (Fsp3) is 0.0909. The topological polar surface area (TPSA) is 73.9 Å². The van der Waals surface area contributed by atoms with Gasteiger partial charge in [-0.2, -0.15) is 0 Å². The minimum Gasteiger partial charge on any atom is -0.464 e. The minimum absolute atomic E-state index is 0.0271. The summed E-state index contributed by atoms with van der Waals surface area (Å²) >= 11 is 0. The number of benzene rings is 3. The fourth-order valence-electron chi connectivity index (χ4n) is 3.04. The first-order chi connectivity index (χ1) is 13.7. The summed E-state index contributed by atoms with van der Waals surface area (Å²) in [5.74, 6) is 0.176. The largest absolute Gasteiger partial charge is 0.464 e. The van der Waals surface area contributed by atoms with E-state index in [1.165, 1.54) is 13.2 Å². The maximum absolute atomic E-state index is 12.9. The zero-order chi connectivity index (χ0) is 19.5. The molecule has 0 fully saturated rings. The Labute approximate surface area is 161 Å². The van der Waals surface area contributed by atoms with Crippen LogP contribution in [-0.4, -0.2) is 25.8 Å². The molecule has 140 valence electrons. The number of esters is 1. The standard InChI is InChI=1S/C22H17NO5/c1-26-22(25)18(11-14-9-10-19-20(12-14)28-13-27-19)23-21(24)17-8-4-6-15-5-2-3-7-16(15)17/h2-12H,13H2,1H3,(H,23,24). The maximum atomic E-state index is 12.9. The SMILES string of the molecule is COC(=O)C(=Cc1ccc2c(c1)OCO2)NC(=O)c1cccc2ccccc12. The molecule has 0 aromatic heterocycles. The molecule has 1 aliphatic rings. The lowest BCUT2D eigenvalue weighted by Gasteiger charge is -2.10. The molecule has 0 spiro atoms. The van der Waals surface area contributed by atoms with Crippen molar-refractivity contribution in [1.82, 2.24) is 5.32 Å². The van der Waals surface area contributed by atoms with Crippen LogP contribution in [0.15, 0.2) is 66.4 Å². The first-order valence-corrected chi connectivity index (χ1v) is 8.64. The number of carbonyl (C=O) groups is 2. The number of carbonyl (C=O) groups excluding carboxylic acids is 2. The van der Waals surface area contributed by atoms with Crippen molar-refractivity contribution in [1.29, 1.82) is 0 Å². The third-order valence-electron chi connectivity index (χ3n) is 4.40. The van der Waals surface area contributed by atoms with Crippen LogP contribution in [0.5, 0.6) is 11.5 Å². The van der Waals surface area contributed by atoms with Crippen LogP contribution in [0.1, 0.15) is 15.9 Å². The predicted octanol–water partition coefficient (Wildman–Crippen LogP) is 3.51. The predicted molar refractivity (Wildman–Crippen MR) is 104 cm³/mol. The molecule has 1 aliphatic heterocycles. The van der Waals surface area contributed by atoms with Gasteiger partial charge in [0.1, 0.15) is 5.70 Å². The summed E-state index contributed by atoms with van der Waals surface area (Å²) in [6, 6.07) is 18.2. The molecule has 0 saturated heterocycles. The van der Waals surface area contributed by atoms with Gasteiger partial charge in [0.05, 0.1) is 7.11 Å². The van der Waals surface area contributed by atoms with Crippen molar-refractivity contribution >= 4 is 28.7 Å². The van der Waals surface area contributed by atoms with Crippen LogP contribution in [0.2, 0.25) is 0 Å². The first kappa shape index (κ1) is 17.6. The second-order valence-electron chi connectivity index (χ2n) is 6.14. The molecule has 1 amide bonds. The third-order valence-corrected chi connectivity index (χ3v) is 4.40. The van der Waals surface area contributed by atoms with Crippen LogP contribution in [0.25, 0.3) is 16.8 Å². The lowest BCUT2D eigenvalue weighted by molar-refractivity contribution is -0.136. The van der Waals surface area contributed by atoms with Crippen LogP contribution in [-0.2, 0) is 9.53 Å². The van der Waals surface area contributed by atoms with E-state index < -0.39 is 11.9 Å². The average Bonchev–Trinajstić information content (AvgIpc) is 3.20. The number of rotatable bonds is 4. The molecule has 6 heteroatoms. The molecule has 0 saturated carbocycles. The second-order valence-corrected chi connectivity index (χ2v) is 6.14. The summed E-state index contributed by atoms with van der Waals surface area (Å²) in [5, 5.41) is 4.41. The molecule has 0 unspecified atom stereocenters. The number of nitrogens with one attached hydrogen (secondary N) is 1. The van der Waals surface area contributed by atoms with Gasteiger partial charge in [0, 0.05) is 5.56 Å². The fourth-order valence-corrected chi connectivity index (χ4v) is 3.04. The third kappa shape index (κ3) is 3.40. The minimum atomic E-state index is -0.647. The average molecular weight is 375 g/mol. The molecular weight excluding hydrogens is 358 g/mol. The van der Waals surface area contributed by atoms with Gasteiger partial charge in [-0.25, -0.2) is 4.79 Å². The molecule has 0 atom stereocenters. The van der Waals surface area contributed by atoms with Gasteiger partial charge in [0.15, 0.2) is 11.5 Å². The summed E-state index contributed by atoms with van der Waals surface area (Å²) in [6.07, 6.45) is 1.54. The highest BCUT2D eigenvalue weighted by atomic mass is 16.7. The van der Waals surface area contributed by atoms with Crippen LogP contribution in [0.3, 0.4) is 0 Å². The quantitative estimate of drug-likeness (QED) is 0.558. The van der Waals surface area contributed by atoms with E-state index in [1.807, 2.05) is 30.3 Å². The summed E-state index contributed by atoms with van der Waals surface area (Å²) in [4.78, 5) is 25.1. The Morgan fingerprint density at radius 1 is 1.00 bits per heavy atom. The number of methoxy groups -OCH3 is 1. The van der Waals surface area contributed by atoms with Crippen LogP contribution in [0, 0.1) is 0 Å². The van der Waals surface area contributed by atoms with Gasteiger partial charge in [-0.15, -0.1) is 0 Å². The van der Waals surface area contributed by atoms with E-state index >= 15 is 0 Å². The molecule has 0 aliphatic carbocycles. The number of hydrogen-bond donors (Lipinski definition) is 1. The van der Waals surface area contributed by atoms with Crippen molar-refractivity contribution in [3.63, 3.8) is 0 Å². The highest BCUT2D eigenvalue weighted by Gasteiger charge is 2.18. The van der Waals surface area contributed by atoms with Crippen molar-refractivity contribution in [2.75, 3.05) is 13.9 Å². The van der Waals surface area contributed by atoms with Gasteiger partial charge < -0.3 is 19.5 Å². The molecular formula is C22H17NO5. The van der Waals surface area contributed by atoms with Gasteiger partial charge >= 0.3 is 5.97 Å². The van der Waals surface area contributed by atoms with E-state index in [0.717, 1.165) is 10.8 Å². The number of amides is 1. The van der Waals surface area contributed by atoms with Gasteiger partial charge in [-0.3, -0.25) is 4.79 Å². The molecule has 6 nitrogen and oxygen atoms in total. The van der Waals surface area contributed by atoms with E-state index in [9.17, 15) is 9.59 Å². The van der Waals surface area contributed by atoms with E-state index in [1.54, 1.807) is 30.3 Å². The number of hydrogen-bond acceptors (Lipinski definition) is 5. The zero-order valence-electron chi connectivity index (χ0n) is 15.1. The second kappa shape index (κ2) is 7.44. The monoisotopic (exact) mass is 375 g/mol. The van der Waals surface area contributed by atoms with E-state index in [4.69, 9.17) is 14.2 Å². The van der Waals surface area contributed by atoms with Gasteiger partial charge in [-0.05, 0) is 40.6 Å². The smallest absolute Gasteiger partial charge is 0.354 e. The summed E-state index contributed by atoms with van der Waals surface area (Å²) in [6.45, 7) is 0.157. The Hall–Kier alpha value is -3.80. The van der Waals surface area contributed by atoms with Gasteiger partial charge in [0.25, 0.3) is 5.91 Å². The normalized spacial score (nSPS) is 12.7. The van der Waals surface area contributed by atoms with E-state index in [2.05, 4.69) is 5.32 Å². The molecule has 0 bridgehead atoms. The van der Waals surface area contributed by atoms with Crippen molar-refractivity contribution in [2.24, 2.45) is 0 Å². The van der Waals surface area contributed by atoms with Crippen molar-refractivity contribution < 1.29 is 23.8 Å². The highest BCUT2D eigenvalue weighted by Crippen LogP contribution is 2.33. The summed E-state index contributed by atoms with van der Waals surface area (Å²) < 4.78 is 15.5. The summed E-state index contributed by atoms with van der Waals surface area (Å²) in [5.41, 5.74) is 1.17. The Balaban J connectivity index is 1.67. The molecule has 1 heterocycles. The maximum Gasteiger partial charge on any atom is 0.354 e. The van der Waals surface area contributed by atoms with Gasteiger partial charge in [-0.1, -0.05) is 42.5 Å². The van der Waals surface area contributed by atoms with Crippen LogP contribution < -0.4 is 14.8 Å². The zero-order valence-corrected chi connectivity index (χ0v) is 15.1. The molecule has 0 radical (unpaired) electrons. The molecule has 4 rings (SSSR count). The Kier molecular flexibility index (Phi) is 4.68. The lowest BCUT2D eigenvalue weighted by atomic mass is 10.0. The van der Waals surface area contributed by atoms with Gasteiger partial charge in [0.2, 0.25) is 6.79 Å². The highest BCUT2D eigenvalue weighted by molar-refractivity contribution is 6.10. The molecule has 3 aromatic rings. The number of fused-ring (bicyclic) bond motifs is 2. The van der Waals surface area contributed by atoms with Crippen molar-refractivity contribution in [3.8, 4) is 11.5 Å². The number of ether oxygens (including phenoxy) is 3. The first-order valence-electron chi connectivity index (χ1n) is 8.64. The molecule has 3 aromatic carbocycles. The Morgan fingerprint density at radius 3 is 2.64 bits per heavy atom. The van der Waals surface area contributed by atoms with Crippen molar-refractivity contribution in [3.05, 3.63) is 77.5 Å². The lowest BCUT2D eigenvalue weighted by Crippen LogP contribution is -2.28. The summed E-state index contributed by atoms with van der Waals surface area (Å²) in [7, 11) is 1.26. The van der Waals surface area contributed by atoms with Crippen LogP contribution in [0.4, 0.5) is 0 Å².